The first-order chi connectivity index (χ1) is 11.3. The van der Waals surface area contributed by atoms with Gasteiger partial charge in [0.05, 0.1) is 0 Å². The largest absolute Gasteiger partial charge is 0.322 e. The minimum atomic E-state index is -0.0558. The Labute approximate surface area is 149 Å². The Morgan fingerprint density at radius 3 is 2.29 bits per heavy atom. The minimum absolute atomic E-state index is 0. The lowest BCUT2D eigenvalue weighted by atomic mass is 10.1. The highest BCUT2D eigenvalue weighted by molar-refractivity contribution is 6.04. The molecule has 2 unspecified atom stereocenters. The van der Waals surface area contributed by atoms with Gasteiger partial charge in [0.2, 0.25) is 0 Å². The fourth-order valence-corrected chi connectivity index (χ4v) is 3.62. The molecule has 2 aromatic carbocycles. The predicted molar refractivity (Wildman–Crippen MR) is 100 cm³/mol. The molecule has 1 aliphatic heterocycles. The summed E-state index contributed by atoms with van der Waals surface area (Å²) < 4.78 is 0. The molecule has 2 aromatic rings. The fourth-order valence-electron chi connectivity index (χ4n) is 3.62. The van der Waals surface area contributed by atoms with Gasteiger partial charge in [-0.05, 0) is 62.2 Å². The summed E-state index contributed by atoms with van der Waals surface area (Å²) in [6.07, 6.45) is 4.00. The average Bonchev–Trinajstić information content (AvgIpc) is 3.21. The molecule has 1 saturated heterocycles. The maximum atomic E-state index is 12.2. The van der Waals surface area contributed by atoms with Crippen LogP contribution in [0.3, 0.4) is 0 Å². The van der Waals surface area contributed by atoms with Crippen molar-refractivity contribution < 1.29 is 4.79 Å². The van der Waals surface area contributed by atoms with Crippen molar-refractivity contribution in [1.29, 1.82) is 0 Å². The molecule has 4 heteroatoms. The van der Waals surface area contributed by atoms with Crippen LogP contribution in [0.2, 0.25) is 0 Å². The number of nitrogens with one attached hydrogen (secondary N) is 1. The standard InChI is InChI=1S/C20H22N2O.ClH/c23-20(16-6-2-1-3-7-16)21-17-10-8-15(9-11-17)18-14-19(18)22-12-4-5-13-22;/h1-3,6-11,18-19H,4-5,12-14H2,(H,21,23);1H. The number of anilines is 1. The molecule has 2 aliphatic rings. The Morgan fingerprint density at radius 2 is 1.62 bits per heavy atom. The second kappa shape index (κ2) is 7.37. The van der Waals surface area contributed by atoms with Crippen LogP contribution >= 0.6 is 12.4 Å². The molecule has 0 bridgehead atoms. The number of nitrogens with zero attached hydrogens (tertiary/aromatic N) is 1. The normalized spacial score (nSPS) is 22.7. The molecule has 1 heterocycles. The van der Waals surface area contributed by atoms with E-state index in [1.807, 2.05) is 42.5 Å². The van der Waals surface area contributed by atoms with Crippen LogP contribution in [0.15, 0.2) is 54.6 Å². The zero-order valence-corrected chi connectivity index (χ0v) is 14.5. The molecule has 126 valence electrons. The third-order valence-corrected chi connectivity index (χ3v) is 5.00. The van der Waals surface area contributed by atoms with E-state index < -0.39 is 0 Å². The lowest BCUT2D eigenvalue weighted by Crippen LogP contribution is -2.22. The van der Waals surface area contributed by atoms with Gasteiger partial charge in [-0.1, -0.05) is 30.3 Å². The number of amides is 1. The van der Waals surface area contributed by atoms with E-state index in [4.69, 9.17) is 0 Å². The van der Waals surface area contributed by atoms with Gasteiger partial charge in [-0.2, -0.15) is 0 Å². The average molecular weight is 343 g/mol. The smallest absolute Gasteiger partial charge is 0.255 e. The molecule has 0 aromatic heterocycles. The maximum absolute atomic E-state index is 12.2. The molecule has 24 heavy (non-hydrogen) atoms. The summed E-state index contributed by atoms with van der Waals surface area (Å²) in [4.78, 5) is 14.8. The maximum Gasteiger partial charge on any atom is 0.255 e. The van der Waals surface area contributed by atoms with Crippen LogP contribution in [0, 0.1) is 0 Å². The quantitative estimate of drug-likeness (QED) is 0.897. The van der Waals surface area contributed by atoms with E-state index in [-0.39, 0.29) is 18.3 Å². The number of rotatable bonds is 4. The Kier molecular flexibility index (Phi) is 5.22. The van der Waals surface area contributed by atoms with Gasteiger partial charge in [0, 0.05) is 23.2 Å². The number of carbonyl (C=O) groups is 1. The Morgan fingerprint density at radius 1 is 0.958 bits per heavy atom. The molecule has 1 saturated carbocycles. The summed E-state index contributed by atoms with van der Waals surface area (Å²) in [6, 6.07) is 18.5. The van der Waals surface area contributed by atoms with Gasteiger partial charge in [0.1, 0.15) is 0 Å². The molecule has 0 spiro atoms. The van der Waals surface area contributed by atoms with Gasteiger partial charge < -0.3 is 5.32 Å². The zero-order valence-electron chi connectivity index (χ0n) is 13.7. The Balaban J connectivity index is 0.00000169. The molecule has 1 N–H and O–H groups in total. The fraction of sp³-hybridized carbons (Fsp3) is 0.350. The third-order valence-electron chi connectivity index (χ3n) is 5.00. The minimum Gasteiger partial charge on any atom is -0.322 e. The van der Waals surface area contributed by atoms with Crippen molar-refractivity contribution in [2.75, 3.05) is 18.4 Å². The van der Waals surface area contributed by atoms with E-state index in [0.29, 0.717) is 11.5 Å². The van der Waals surface area contributed by atoms with Crippen LogP contribution in [-0.4, -0.2) is 29.9 Å². The van der Waals surface area contributed by atoms with Crippen molar-refractivity contribution in [2.24, 2.45) is 0 Å². The highest BCUT2D eigenvalue weighted by Crippen LogP contribution is 2.45. The lowest BCUT2D eigenvalue weighted by molar-refractivity contribution is 0.102. The highest BCUT2D eigenvalue weighted by Gasteiger charge is 2.43. The van der Waals surface area contributed by atoms with Crippen molar-refractivity contribution in [3.63, 3.8) is 0 Å². The molecular formula is C20H23ClN2O. The van der Waals surface area contributed by atoms with E-state index in [1.54, 1.807) is 0 Å². The zero-order chi connectivity index (χ0) is 15.6. The predicted octanol–water partition coefficient (Wildman–Crippen LogP) is 4.31. The Bertz CT molecular complexity index is 681. The second-order valence-corrected chi connectivity index (χ2v) is 6.59. The third kappa shape index (κ3) is 3.63. The molecule has 1 amide bonds. The molecule has 1 aliphatic carbocycles. The van der Waals surface area contributed by atoms with Crippen molar-refractivity contribution in [1.82, 2.24) is 4.90 Å². The molecular weight excluding hydrogens is 320 g/mol. The van der Waals surface area contributed by atoms with E-state index in [2.05, 4.69) is 22.3 Å². The van der Waals surface area contributed by atoms with Crippen LogP contribution in [-0.2, 0) is 0 Å². The topological polar surface area (TPSA) is 32.3 Å². The summed E-state index contributed by atoms with van der Waals surface area (Å²) in [5, 5.41) is 2.96. The number of carbonyl (C=O) groups excluding carboxylic acids is 1. The number of benzene rings is 2. The van der Waals surface area contributed by atoms with Gasteiger partial charge in [0.15, 0.2) is 0 Å². The Hall–Kier alpha value is -1.84. The first-order valence-corrected chi connectivity index (χ1v) is 8.52. The van der Waals surface area contributed by atoms with E-state index in [0.717, 1.165) is 11.7 Å². The highest BCUT2D eigenvalue weighted by atomic mass is 35.5. The first-order valence-electron chi connectivity index (χ1n) is 8.52. The van der Waals surface area contributed by atoms with Crippen LogP contribution in [0.25, 0.3) is 0 Å². The van der Waals surface area contributed by atoms with Crippen LogP contribution in [0.4, 0.5) is 5.69 Å². The summed E-state index contributed by atoms with van der Waals surface area (Å²) in [6.45, 7) is 2.54. The summed E-state index contributed by atoms with van der Waals surface area (Å²) >= 11 is 0. The van der Waals surface area contributed by atoms with Crippen molar-refractivity contribution in [3.05, 3.63) is 65.7 Å². The number of likely N-dealkylation sites (tertiary alicyclic amines) is 1. The number of hydrogen-bond donors (Lipinski definition) is 1. The molecule has 4 rings (SSSR count). The summed E-state index contributed by atoms with van der Waals surface area (Å²) in [5.74, 6) is 0.631. The molecule has 0 radical (unpaired) electrons. The van der Waals surface area contributed by atoms with Crippen LogP contribution < -0.4 is 5.32 Å². The van der Waals surface area contributed by atoms with Crippen LogP contribution in [0.1, 0.15) is 41.1 Å². The van der Waals surface area contributed by atoms with Crippen LogP contribution in [0.5, 0.6) is 0 Å². The second-order valence-electron chi connectivity index (χ2n) is 6.59. The van der Waals surface area contributed by atoms with Crippen molar-refractivity contribution in [3.8, 4) is 0 Å². The summed E-state index contributed by atoms with van der Waals surface area (Å²) in [5.41, 5.74) is 2.95. The SMILES string of the molecule is Cl.O=C(Nc1ccc(C2CC2N2CCCC2)cc1)c1ccccc1. The van der Waals surface area contributed by atoms with Gasteiger partial charge >= 0.3 is 0 Å². The van der Waals surface area contributed by atoms with Gasteiger partial charge in [-0.15, -0.1) is 12.4 Å². The monoisotopic (exact) mass is 342 g/mol. The van der Waals surface area contributed by atoms with Crippen molar-refractivity contribution in [2.45, 2.75) is 31.2 Å². The van der Waals surface area contributed by atoms with Gasteiger partial charge in [-0.25, -0.2) is 0 Å². The molecule has 3 nitrogen and oxygen atoms in total. The molecule has 2 fully saturated rings. The number of halogens is 1. The van der Waals surface area contributed by atoms with E-state index >= 15 is 0 Å². The van der Waals surface area contributed by atoms with Gasteiger partial charge in [-0.3, -0.25) is 9.69 Å². The lowest BCUT2D eigenvalue weighted by Gasteiger charge is -2.14. The van der Waals surface area contributed by atoms with E-state index in [9.17, 15) is 4.79 Å². The summed E-state index contributed by atoms with van der Waals surface area (Å²) in [7, 11) is 0. The first kappa shape index (κ1) is 17.0. The number of hydrogen-bond acceptors (Lipinski definition) is 2. The van der Waals surface area contributed by atoms with E-state index in [1.165, 1.54) is 37.9 Å². The van der Waals surface area contributed by atoms with Gasteiger partial charge in [0.25, 0.3) is 5.91 Å². The van der Waals surface area contributed by atoms with Crippen molar-refractivity contribution >= 4 is 24.0 Å². The molecule has 2 atom stereocenters.